The molecule has 9 nitrogen and oxygen atoms in total. The number of nitrogens with zero attached hydrogens (tertiary/aromatic N) is 2. The Kier molecular flexibility index (Phi) is 5.48. The van der Waals surface area contributed by atoms with Crippen LogP contribution in [0.3, 0.4) is 0 Å². The Morgan fingerprint density at radius 1 is 1.32 bits per heavy atom. The molecule has 1 fully saturated rings. The van der Waals surface area contributed by atoms with E-state index in [0.717, 1.165) is 4.57 Å². The Bertz CT molecular complexity index is 777. The number of nitrogens with two attached hydrogens (primary N) is 1. The highest BCUT2D eigenvalue weighted by molar-refractivity contribution is 6.48. The second kappa shape index (κ2) is 7.24. The molecular formula is C15H18ClN3O6. The first-order valence-corrected chi connectivity index (χ1v) is 7.73. The molecule has 0 saturated carbocycles. The number of ether oxygens (including phenoxy) is 3. The summed E-state index contributed by atoms with van der Waals surface area (Å²) in [5.74, 6) is -1.29. The van der Waals surface area contributed by atoms with Crippen LogP contribution in [0.4, 0.5) is 5.82 Å². The van der Waals surface area contributed by atoms with E-state index < -0.39 is 42.2 Å². The minimum Gasteiger partial charge on any atom is -0.456 e. The summed E-state index contributed by atoms with van der Waals surface area (Å²) < 4.78 is 17.2. The fourth-order valence-electron chi connectivity index (χ4n) is 2.57. The lowest BCUT2D eigenvalue weighted by atomic mass is 10.1. The van der Waals surface area contributed by atoms with Gasteiger partial charge in [-0.05, 0) is 6.92 Å². The molecule has 0 radical (unpaired) electrons. The van der Waals surface area contributed by atoms with Crippen LogP contribution in [-0.2, 0) is 23.8 Å². The molecule has 25 heavy (non-hydrogen) atoms. The van der Waals surface area contributed by atoms with Crippen molar-refractivity contribution < 1.29 is 23.8 Å². The van der Waals surface area contributed by atoms with Gasteiger partial charge in [-0.2, -0.15) is 4.98 Å². The molecule has 0 spiro atoms. The maximum absolute atomic E-state index is 12.2. The number of halogens is 1. The highest BCUT2D eigenvalue weighted by Crippen LogP contribution is 2.34. The third-order valence-corrected chi connectivity index (χ3v) is 3.78. The molecule has 1 aromatic heterocycles. The summed E-state index contributed by atoms with van der Waals surface area (Å²) in [6.45, 7) is 7.60. The van der Waals surface area contributed by atoms with Crippen molar-refractivity contribution in [2.45, 2.75) is 45.3 Å². The Hall–Kier alpha value is -2.39. The first-order valence-electron chi connectivity index (χ1n) is 7.35. The van der Waals surface area contributed by atoms with Gasteiger partial charge in [0, 0.05) is 25.1 Å². The fraction of sp³-hybridized carbons (Fsp3) is 0.467. The van der Waals surface area contributed by atoms with Gasteiger partial charge in [0.05, 0.1) is 11.7 Å². The summed E-state index contributed by atoms with van der Waals surface area (Å²) in [7, 11) is 0. The van der Waals surface area contributed by atoms with Gasteiger partial charge in [0.25, 0.3) is 0 Å². The number of hydrogen-bond acceptors (Lipinski definition) is 8. The average Bonchev–Trinajstić information content (AvgIpc) is 2.74. The zero-order valence-electron chi connectivity index (χ0n) is 13.9. The summed E-state index contributed by atoms with van der Waals surface area (Å²) in [5, 5.41) is 0.0744. The molecule has 1 saturated heterocycles. The van der Waals surface area contributed by atoms with E-state index >= 15 is 0 Å². The maximum Gasteiger partial charge on any atom is 0.351 e. The molecule has 2 unspecified atom stereocenters. The van der Waals surface area contributed by atoms with Gasteiger partial charge in [0.15, 0.2) is 18.4 Å². The van der Waals surface area contributed by atoms with Gasteiger partial charge in [0.1, 0.15) is 5.82 Å². The third kappa shape index (κ3) is 3.99. The van der Waals surface area contributed by atoms with Crippen LogP contribution in [-0.4, -0.2) is 39.8 Å². The zero-order chi connectivity index (χ0) is 18.9. The van der Waals surface area contributed by atoms with E-state index in [9.17, 15) is 14.4 Å². The Morgan fingerprint density at radius 2 is 1.88 bits per heavy atom. The Labute approximate surface area is 148 Å². The average molecular weight is 372 g/mol. The predicted molar refractivity (Wildman–Crippen MR) is 88.5 cm³/mol. The van der Waals surface area contributed by atoms with Crippen LogP contribution in [0.25, 0.3) is 5.03 Å². The van der Waals surface area contributed by atoms with Crippen LogP contribution >= 0.6 is 11.6 Å². The number of anilines is 1. The van der Waals surface area contributed by atoms with Crippen molar-refractivity contribution in [2.75, 3.05) is 5.73 Å². The molecule has 2 N–H and O–H groups in total. The van der Waals surface area contributed by atoms with E-state index in [2.05, 4.69) is 11.6 Å². The number of rotatable bonds is 4. The standard InChI is InChI=1S/C15H18ClN3O6/c1-6(16)10-5-19(15(22)18-13(10)17)14-12(25-9(4)21)11(7(2)23-14)24-8(3)20/h5,7,11-12,14H,1H2,2-4H3,(H2,17,18,22)/t7-,11?,12?,14-/m1/s1. The van der Waals surface area contributed by atoms with Crippen LogP contribution in [0.15, 0.2) is 17.6 Å². The van der Waals surface area contributed by atoms with Gasteiger partial charge < -0.3 is 19.9 Å². The topological polar surface area (TPSA) is 123 Å². The van der Waals surface area contributed by atoms with E-state index in [1.807, 2.05) is 0 Å². The van der Waals surface area contributed by atoms with Gasteiger partial charge in [0.2, 0.25) is 0 Å². The predicted octanol–water partition coefficient (Wildman–Crippen LogP) is 0.816. The number of esters is 2. The molecule has 4 atom stereocenters. The molecule has 1 aliphatic rings. The van der Waals surface area contributed by atoms with Crippen LogP contribution in [0, 0.1) is 0 Å². The summed E-state index contributed by atoms with van der Waals surface area (Å²) >= 11 is 5.86. The lowest BCUT2D eigenvalue weighted by molar-refractivity contribution is -0.165. The molecule has 0 amide bonds. The molecular weight excluding hydrogens is 354 g/mol. The van der Waals surface area contributed by atoms with Crippen LogP contribution < -0.4 is 11.4 Å². The monoisotopic (exact) mass is 371 g/mol. The van der Waals surface area contributed by atoms with E-state index in [-0.39, 0.29) is 16.4 Å². The SMILES string of the molecule is C=C(Cl)c1cn([C@@H]2O[C@H](C)C(OC(C)=O)C2OC(C)=O)c(=O)nc1N. The molecule has 136 valence electrons. The third-order valence-electron chi connectivity index (χ3n) is 3.57. The minimum atomic E-state index is -1.07. The van der Waals surface area contributed by atoms with Gasteiger partial charge in [-0.1, -0.05) is 18.2 Å². The lowest BCUT2D eigenvalue weighted by Gasteiger charge is -2.24. The fourth-order valence-corrected chi connectivity index (χ4v) is 2.72. The summed E-state index contributed by atoms with van der Waals surface area (Å²) in [6.07, 6.45) is -2.33. The molecule has 0 aliphatic carbocycles. The van der Waals surface area contributed by atoms with Crippen molar-refractivity contribution in [1.29, 1.82) is 0 Å². The number of aromatic nitrogens is 2. The first kappa shape index (κ1) is 18.9. The first-order chi connectivity index (χ1) is 11.6. The van der Waals surface area contributed by atoms with Crippen LogP contribution in [0.1, 0.15) is 32.6 Å². The summed E-state index contributed by atoms with van der Waals surface area (Å²) in [6, 6.07) is 0. The number of carbonyl (C=O) groups excluding carboxylic acids is 2. The lowest BCUT2D eigenvalue weighted by Crippen LogP contribution is -2.40. The molecule has 1 aromatic rings. The summed E-state index contributed by atoms with van der Waals surface area (Å²) in [4.78, 5) is 38.7. The number of carbonyl (C=O) groups is 2. The Balaban J connectivity index is 2.50. The smallest absolute Gasteiger partial charge is 0.351 e. The second-order valence-corrected chi connectivity index (χ2v) is 5.97. The van der Waals surface area contributed by atoms with Gasteiger partial charge in [-0.3, -0.25) is 14.2 Å². The van der Waals surface area contributed by atoms with Crippen molar-refractivity contribution in [2.24, 2.45) is 0 Å². The zero-order valence-corrected chi connectivity index (χ0v) is 14.6. The van der Waals surface area contributed by atoms with Gasteiger partial charge >= 0.3 is 17.6 Å². The maximum atomic E-state index is 12.2. The highest BCUT2D eigenvalue weighted by Gasteiger charge is 2.48. The van der Waals surface area contributed by atoms with E-state index in [0.29, 0.717) is 0 Å². The van der Waals surface area contributed by atoms with Crippen molar-refractivity contribution in [1.82, 2.24) is 9.55 Å². The van der Waals surface area contributed by atoms with Crippen molar-refractivity contribution in [3.05, 3.63) is 28.8 Å². The molecule has 0 aromatic carbocycles. The summed E-state index contributed by atoms with van der Waals surface area (Å²) in [5.41, 5.74) is 5.15. The molecule has 2 heterocycles. The van der Waals surface area contributed by atoms with E-state index in [1.54, 1.807) is 6.92 Å². The molecule has 2 rings (SSSR count). The highest BCUT2D eigenvalue weighted by atomic mass is 35.5. The van der Waals surface area contributed by atoms with Crippen molar-refractivity contribution in [3.8, 4) is 0 Å². The number of nitrogen functional groups attached to an aromatic ring is 1. The minimum absolute atomic E-state index is 0.0744. The molecule has 10 heteroatoms. The van der Waals surface area contributed by atoms with Crippen molar-refractivity contribution in [3.63, 3.8) is 0 Å². The van der Waals surface area contributed by atoms with Gasteiger partial charge in [-0.15, -0.1) is 0 Å². The van der Waals surface area contributed by atoms with E-state index in [4.69, 9.17) is 31.5 Å². The molecule has 1 aliphatic heterocycles. The van der Waals surface area contributed by atoms with Crippen LogP contribution in [0.2, 0.25) is 0 Å². The number of hydrogen-bond donors (Lipinski definition) is 1. The second-order valence-electron chi connectivity index (χ2n) is 5.51. The largest absolute Gasteiger partial charge is 0.456 e. The van der Waals surface area contributed by atoms with Crippen molar-refractivity contribution >= 4 is 34.4 Å². The molecule has 0 bridgehead atoms. The normalized spacial score (nSPS) is 25.4. The van der Waals surface area contributed by atoms with E-state index in [1.165, 1.54) is 20.0 Å². The quantitative estimate of drug-likeness (QED) is 0.771. The Morgan fingerprint density at radius 3 is 2.40 bits per heavy atom. The van der Waals surface area contributed by atoms with Gasteiger partial charge in [-0.25, -0.2) is 4.79 Å². The van der Waals surface area contributed by atoms with Crippen LogP contribution in [0.5, 0.6) is 0 Å².